The Balaban J connectivity index is 2.88. The Hall–Kier alpha value is -0.110. The van der Waals surface area contributed by atoms with Crippen LogP contribution in [-0.4, -0.2) is 10.6 Å². The number of ketones is 1. The molecule has 0 heterocycles. The Kier molecular flexibility index (Phi) is 1.51. The number of allylic oxidation sites excluding steroid dienone is 2. The number of hydrogen-bond donors (Lipinski definition) is 0. The Morgan fingerprint density at radius 2 is 2.22 bits per heavy atom. The molecule has 1 unspecified atom stereocenters. The lowest BCUT2D eigenvalue weighted by atomic mass is 9.90. The minimum absolute atomic E-state index is 0.212. The van der Waals surface area contributed by atoms with Crippen LogP contribution in [0.1, 0.15) is 13.8 Å². The Morgan fingerprint density at radius 1 is 1.67 bits per heavy atom. The van der Waals surface area contributed by atoms with E-state index < -0.39 is 0 Å². The molecule has 0 radical (unpaired) electrons. The summed E-state index contributed by atoms with van der Waals surface area (Å²) in [6.07, 6.45) is 3.53. The molecule has 0 aromatic carbocycles. The van der Waals surface area contributed by atoms with Crippen molar-refractivity contribution in [3.8, 4) is 0 Å². The van der Waals surface area contributed by atoms with E-state index in [1.54, 1.807) is 6.08 Å². The summed E-state index contributed by atoms with van der Waals surface area (Å²) in [6, 6.07) is 0. The van der Waals surface area contributed by atoms with E-state index >= 15 is 0 Å². The van der Waals surface area contributed by atoms with Crippen LogP contribution in [0.2, 0.25) is 0 Å². The summed E-state index contributed by atoms with van der Waals surface area (Å²) in [7, 11) is 0. The van der Waals surface area contributed by atoms with E-state index in [2.05, 4.69) is 15.9 Å². The van der Waals surface area contributed by atoms with Crippen LogP contribution in [0.5, 0.6) is 0 Å². The van der Waals surface area contributed by atoms with Crippen LogP contribution in [0.25, 0.3) is 0 Å². The molecule has 0 saturated heterocycles. The first-order chi connectivity index (χ1) is 4.05. The Labute approximate surface area is 63.3 Å². The second-order valence-corrected chi connectivity index (χ2v) is 3.83. The average molecular weight is 189 g/mol. The molecule has 1 aliphatic carbocycles. The van der Waals surface area contributed by atoms with Crippen LogP contribution in [0.3, 0.4) is 0 Å². The van der Waals surface area contributed by atoms with Crippen LogP contribution in [0, 0.1) is 5.41 Å². The fourth-order valence-electron chi connectivity index (χ4n) is 0.763. The molecule has 0 spiro atoms. The molecule has 0 aliphatic heterocycles. The number of carbonyl (C=O) groups excluding carboxylic acids is 1. The minimum atomic E-state index is -0.222. The van der Waals surface area contributed by atoms with Crippen molar-refractivity contribution in [1.29, 1.82) is 0 Å². The molecule has 1 rings (SSSR count). The van der Waals surface area contributed by atoms with Crippen LogP contribution >= 0.6 is 15.9 Å². The van der Waals surface area contributed by atoms with Crippen molar-refractivity contribution in [1.82, 2.24) is 0 Å². The second-order valence-electron chi connectivity index (χ2n) is 2.85. The van der Waals surface area contributed by atoms with Crippen molar-refractivity contribution in [2.45, 2.75) is 18.7 Å². The summed E-state index contributed by atoms with van der Waals surface area (Å²) in [6.45, 7) is 3.88. The topological polar surface area (TPSA) is 17.1 Å². The van der Waals surface area contributed by atoms with Crippen molar-refractivity contribution in [3.05, 3.63) is 12.2 Å². The van der Waals surface area contributed by atoms with Crippen molar-refractivity contribution < 1.29 is 4.79 Å². The molecule has 9 heavy (non-hydrogen) atoms. The summed E-state index contributed by atoms with van der Waals surface area (Å²) in [5.74, 6) is 0.212. The van der Waals surface area contributed by atoms with Crippen molar-refractivity contribution >= 4 is 21.7 Å². The Bertz CT molecular complexity index is 170. The van der Waals surface area contributed by atoms with Crippen LogP contribution in [0.15, 0.2) is 12.2 Å². The molecule has 0 amide bonds. The molecule has 0 fully saturated rings. The smallest absolute Gasteiger partial charge is 0.162 e. The zero-order chi connectivity index (χ0) is 7.07. The predicted octanol–water partition coefficient (Wildman–Crippen LogP) is 1.92. The fraction of sp³-hybridized carbons (Fsp3) is 0.571. The zero-order valence-corrected chi connectivity index (χ0v) is 7.10. The first kappa shape index (κ1) is 7.00. The van der Waals surface area contributed by atoms with E-state index in [9.17, 15) is 4.79 Å². The summed E-state index contributed by atoms with van der Waals surface area (Å²) in [5, 5.41) is 0. The standard InChI is InChI=1S/C7H9BrO/c1-7(2)5(8)3-4-6(7)9/h3-5H,1-2H3. The maximum atomic E-state index is 11.0. The van der Waals surface area contributed by atoms with E-state index in [1.165, 1.54) is 0 Å². The van der Waals surface area contributed by atoms with Crippen molar-refractivity contribution in [2.24, 2.45) is 5.41 Å². The van der Waals surface area contributed by atoms with Gasteiger partial charge >= 0.3 is 0 Å². The SMILES string of the molecule is CC1(C)C(=O)C=CC1Br. The van der Waals surface area contributed by atoms with Crippen LogP contribution < -0.4 is 0 Å². The van der Waals surface area contributed by atoms with Gasteiger partial charge < -0.3 is 0 Å². The van der Waals surface area contributed by atoms with E-state index in [4.69, 9.17) is 0 Å². The van der Waals surface area contributed by atoms with E-state index in [0.29, 0.717) is 0 Å². The quantitative estimate of drug-likeness (QED) is 0.532. The van der Waals surface area contributed by atoms with Gasteiger partial charge in [-0.15, -0.1) is 0 Å². The lowest BCUT2D eigenvalue weighted by Crippen LogP contribution is -2.25. The summed E-state index contributed by atoms with van der Waals surface area (Å²) in [4.78, 5) is 11.2. The number of alkyl halides is 1. The van der Waals surface area contributed by atoms with Gasteiger partial charge in [0.15, 0.2) is 5.78 Å². The van der Waals surface area contributed by atoms with Crippen molar-refractivity contribution in [2.75, 3.05) is 0 Å². The van der Waals surface area contributed by atoms with E-state index in [0.717, 1.165) is 0 Å². The van der Waals surface area contributed by atoms with E-state index in [-0.39, 0.29) is 16.0 Å². The van der Waals surface area contributed by atoms with Gasteiger partial charge in [0.1, 0.15) is 0 Å². The number of hydrogen-bond acceptors (Lipinski definition) is 1. The van der Waals surface area contributed by atoms with Gasteiger partial charge in [-0.25, -0.2) is 0 Å². The van der Waals surface area contributed by atoms with Crippen LogP contribution in [-0.2, 0) is 4.79 Å². The third kappa shape index (κ3) is 0.960. The van der Waals surface area contributed by atoms with E-state index in [1.807, 2.05) is 19.9 Å². The summed E-state index contributed by atoms with van der Waals surface area (Å²) >= 11 is 3.39. The van der Waals surface area contributed by atoms with Gasteiger partial charge in [0.05, 0.1) is 0 Å². The summed E-state index contributed by atoms with van der Waals surface area (Å²) < 4.78 is 0. The Morgan fingerprint density at radius 3 is 2.33 bits per heavy atom. The maximum absolute atomic E-state index is 11.0. The van der Waals surface area contributed by atoms with Gasteiger partial charge in [0.25, 0.3) is 0 Å². The molecule has 2 heteroatoms. The molecule has 0 bridgehead atoms. The predicted molar refractivity (Wildman–Crippen MR) is 40.6 cm³/mol. The highest BCUT2D eigenvalue weighted by Crippen LogP contribution is 2.34. The van der Waals surface area contributed by atoms with Gasteiger partial charge in [-0.05, 0) is 6.08 Å². The number of rotatable bonds is 0. The number of carbonyl (C=O) groups is 1. The molecule has 0 aromatic rings. The maximum Gasteiger partial charge on any atom is 0.162 e. The molecule has 1 atom stereocenters. The first-order valence-corrected chi connectivity index (χ1v) is 3.83. The monoisotopic (exact) mass is 188 g/mol. The lowest BCUT2D eigenvalue weighted by Gasteiger charge is -2.19. The average Bonchev–Trinajstić information content (AvgIpc) is 1.96. The second kappa shape index (κ2) is 1.94. The van der Waals surface area contributed by atoms with Crippen LogP contribution in [0.4, 0.5) is 0 Å². The molecule has 0 saturated carbocycles. The molecule has 50 valence electrons. The highest BCUT2D eigenvalue weighted by Gasteiger charge is 2.36. The third-order valence-corrected chi connectivity index (χ3v) is 3.19. The first-order valence-electron chi connectivity index (χ1n) is 2.92. The lowest BCUT2D eigenvalue weighted by molar-refractivity contribution is -0.120. The fourth-order valence-corrected chi connectivity index (χ4v) is 1.14. The van der Waals surface area contributed by atoms with Gasteiger partial charge in [-0.3, -0.25) is 4.79 Å². The van der Waals surface area contributed by atoms with Gasteiger partial charge in [-0.2, -0.15) is 0 Å². The van der Waals surface area contributed by atoms with Gasteiger partial charge in [-0.1, -0.05) is 35.9 Å². The zero-order valence-electron chi connectivity index (χ0n) is 5.52. The number of halogens is 1. The molecular formula is C7H9BrO. The summed E-state index contributed by atoms with van der Waals surface area (Å²) in [5.41, 5.74) is -0.222. The van der Waals surface area contributed by atoms with Crippen molar-refractivity contribution in [3.63, 3.8) is 0 Å². The molecule has 1 nitrogen and oxygen atoms in total. The molecule has 1 aliphatic rings. The van der Waals surface area contributed by atoms with Gasteiger partial charge in [0.2, 0.25) is 0 Å². The normalized spacial score (nSPS) is 31.4. The molecule has 0 aromatic heterocycles. The highest BCUT2D eigenvalue weighted by molar-refractivity contribution is 9.09. The minimum Gasteiger partial charge on any atom is -0.294 e. The highest BCUT2D eigenvalue weighted by atomic mass is 79.9. The van der Waals surface area contributed by atoms with Gasteiger partial charge in [0, 0.05) is 10.2 Å². The largest absolute Gasteiger partial charge is 0.294 e. The molecular weight excluding hydrogens is 180 g/mol. The third-order valence-electron chi connectivity index (χ3n) is 1.74. The molecule has 0 N–H and O–H groups in total.